The van der Waals surface area contributed by atoms with Crippen molar-refractivity contribution in [3.05, 3.63) is 29.8 Å². The monoisotopic (exact) mass is 339 g/mol. The summed E-state index contributed by atoms with van der Waals surface area (Å²) in [7, 11) is 5.84. The summed E-state index contributed by atoms with van der Waals surface area (Å²) in [6.07, 6.45) is 2.24. The molecule has 0 aliphatic heterocycles. The zero-order valence-corrected chi connectivity index (χ0v) is 15.2. The number of nitrogens with zero attached hydrogens (tertiary/aromatic N) is 1. The molecule has 0 saturated heterocycles. The molecule has 0 fully saturated rings. The van der Waals surface area contributed by atoms with Gasteiger partial charge in [-0.2, -0.15) is 0 Å². The van der Waals surface area contributed by atoms with Crippen molar-refractivity contribution in [3.8, 4) is 5.75 Å². The van der Waals surface area contributed by atoms with Crippen LogP contribution >= 0.6 is 12.2 Å². The van der Waals surface area contributed by atoms with E-state index in [0.29, 0.717) is 11.7 Å². The highest BCUT2D eigenvalue weighted by atomic mass is 32.1. The van der Waals surface area contributed by atoms with Crippen LogP contribution in [0, 0.1) is 0 Å². The molecule has 1 aromatic carbocycles. The summed E-state index contributed by atoms with van der Waals surface area (Å²) in [4.78, 5) is 2.08. The fourth-order valence-corrected chi connectivity index (χ4v) is 2.15. The molecule has 0 radical (unpaired) electrons. The zero-order valence-electron chi connectivity index (χ0n) is 14.3. The molecular formula is C17H29N3O2S. The van der Waals surface area contributed by atoms with E-state index in [9.17, 15) is 5.11 Å². The molecule has 1 atom stereocenters. The van der Waals surface area contributed by atoms with E-state index in [2.05, 4.69) is 15.5 Å². The lowest BCUT2D eigenvalue weighted by Gasteiger charge is -2.13. The summed E-state index contributed by atoms with van der Waals surface area (Å²) in [5.74, 6) is 0.840. The van der Waals surface area contributed by atoms with Gasteiger partial charge in [-0.1, -0.05) is 12.1 Å². The minimum Gasteiger partial charge on any atom is -0.492 e. The Kier molecular flexibility index (Phi) is 9.59. The Balaban J connectivity index is 2.25. The fourth-order valence-electron chi connectivity index (χ4n) is 2.05. The SMILES string of the molecule is CNC(=S)NCCCCC(O)c1ccc(OCCN(C)C)cc1. The van der Waals surface area contributed by atoms with Gasteiger partial charge in [0.05, 0.1) is 6.10 Å². The quantitative estimate of drug-likeness (QED) is 0.447. The van der Waals surface area contributed by atoms with Crippen LogP contribution in [0.4, 0.5) is 0 Å². The lowest BCUT2D eigenvalue weighted by atomic mass is 10.0. The minimum atomic E-state index is -0.429. The second-order valence-corrected chi connectivity index (χ2v) is 6.15. The van der Waals surface area contributed by atoms with Crippen LogP contribution in [0.2, 0.25) is 0 Å². The summed E-state index contributed by atoms with van der Waals surface area (Å²) in [6, 6.07) is 7.70. The van der Waals surface area contributed by atoms with E-state index in [4.69, 9.17) is 17.0 Å². The third-order valence-corrected chi connectivity index (χ3v) is 3.84. The molecule has 0 bridgehead atoms. The molecule has 5 nitrogen and oxygen atoms in total. The minimum absolute atomic E-state index is 0.429. The Hall–Kier alpha value is -1.37. The number of thiocarbonyl (C=S) groups is 1. The van der Waals surface area contributed by atoms with Gasteiger partial charge in [0, 0.05) is 20.1 Å². The van der Waals surface area contributed by atoms with Crippen molar-refractivity contribution in [2.45, 2.75) is 25.4 Å². The van der Waals surface area contributed by atoms with Crippen molar-refractivity contribution >= 4 is 17.3 Å². The number of likely N-dealkylation sites (N-methyl/N-ethyl adjacent to an activating group) is 1. The standard InChI is InChI=1S/C17H29N3O2S/c1-18-17(23)19-11-5-4-6-16(21)14-7-9-15(10-8-14)22-13-12-20(2)3/h7-10,16,21H,4-6,11-13H2,1-3H3,(H2,18,19,23). The predicted octanol–water partition coefficient (Wildman–Crippen LogP) is 1.92. The highest BCUT2D eigenvalue weighted by molar-refractivity contribution is 7.80. The summed E-state index contributed by atoms with van der Waals surface area (Å²) in [6.45, 7) is 2.37. The lowest BCUT2D eigenvalue weighted by molar-refractivity contribution is 0.163. The molecule has 3 N–H and O–H groups in total. The van der Waals surface area contributed by atoms with Gasteiger partial charge in [-0.3, -0.25) is 0 Å². The number of unbranched alkanes of at least 4 members (excludes halogenated alkanes) is 1. The Morgan fingerprint density at radius 2 is 1.96 bits per heavy atom. The largest absolute Gasteiger partial charge is 0.492 e. The van der Waals surface area contributed by atoms with E-state index in [1.54, 1.807) is 7.05 Å². The van der Waals surface area contributed by atoms with E-state index in [0.717, 1.165) is 43.7 Å². The van der Waals surface area contributed by atoms with Crippen LogP contribution in [0.25, 0.3) is 0 Å². The maximum Gasteiger partial charge on any atom is 0.166 e. The van der Waals surface area contributed by atoms with Gasteiger partial charge in [0.1, 0.15) is 12.4 Å². The molecule has 0 amide bonds. The topological polar surface area (TPSA) is 56.8 Å². The molecule has 0 saturated carbocycles. The van der Waals surface area contributed by atoms with Crippen molar-refractivity contribution in [1.82, 2.24) is 15.5 Å². The van der Waals surface area contributed by atoms with E-state index in [1.165, 1.54) is 0 Å². The number of hydrogen-bond donors (Lipinski definition) is 3. The van der Waals surface area contributed by atoms with Gasteiger partial charge in [-0.05, 0) is 63.3 Å². The van der Waals surface area contributed by atoms with E-state index >= 15 is 0 Å². The van der Waals surface area contributed by atoms with Gasteiger partial charge in [-0.25, -0.2) is 0 Å². The molecule has 1 rings (SSSR count). The van der Waals surface area contributed by atoms with Crippen molar-refractivity contribution < 1.29 is 9.84 Å². The third-order valence-electron chi connectivity index (χ3n) is 3.49. The van der Waals surface area contributed by atoms with Crippen LogP contribution in [0.1, 0.15) is 30.9 Å². The van der Waals surface area contributed by atoms with Gasteiger partial charge < -0.3 is 25.4 Å². The van der Waals surface area contributed by atoms with Gasteiger partial charge >= 0.3 is 0 Å². The summed E-state index contributed by atoms with van der Waals surface area (Å²) in [5, 5.41) is 16.8. The highest BCUT2D eigenvalue weighted by Gasteiger charge is 2.07. The summed E-state index contributed by atoms with van der Waals surface area (Å²) in [5.41, 5.74) is 0.934. The van der Waals surface area contributed by atoms with Crippen molar-refractivity contribution in [2.24, 2.45) is 0 Å². The summed E-state index contributed by atoms with van der Waals surface area (Å²) >= 11 is 5.00. The second-order valence-electron chi connectivity index (χ2n) is 5.74. The molecule has 130 valence electrons. The molecule has 1 unspecified atom stereocenters. The average molecular weight is 340 g/mol. The number of ether oxygens (including phenoxy) is 1. The Morgan fingerprint density at radius 1 is 1.26 bits per heavy atom. The highest BCUT2D eigenvalue weighted by Crippen LogP contribution is 2.21. The molecule has 1 aromatic rings. The zero-order chi connectivity index (χ0) is 17.1. The molecule has 0 aliphatic carbocycles. The van der Waals surface area contributed by atoms with E-state index in [-0.39, 0.29) is 0 Å². The maximum atomic E-state index is 10.2. The Bertz CT molecular complexity index is 452. The number of rotatable bonds is 10. The van der Waals surface area contributed by atoms with Crippen LogP contribution in [0.3, 0.4) is 0 Å². The number of hydrogen-bond acceptors (Lipinski definition) is 4. The van der Waals surface area contributed by atoms with Crippen LogP contribution in [-0.2, 0) is 0 Å². The number of benzene rings is 1. The van der Waals surface area contributed by atoms with Gasteiger partial charge in [0.25, 0.3) is 0 Å². The van der Waals surface area contributed by atoms with Gasteiger partial charge in [-0.15, -0.1) is 0 Å². The Labute approximate surface area is 145 Å². The molecule has 0 spiro atoms. The normalized spacial score (nSPS) is 12.0. The number of aliphatic hydroxyl groups is 1. The fraction of sp³-hybridized carbons (Fsp3) is 0.588. The molecular weight excluding hydrogens is 310 g/mol. The molecule has 0 aliphatic rings. The van der Waals surface area contributed by atoms with E-state index in [1.807, 2.05) is 38.4 Å². The van der Waals surface area contributed by atoms with Gasteiger partial charge in [0.2, 0.25) is 0 Å². The first-order valence-corrected chi connectivity index (χ1v) is 8.45. The average Bonchev–Trinajstić information content (AvgIpc) is 2.54. The lowest BCUT2D eigenvalue weighted by Crippen LogP contribution is -2.32. The third kappa shape index (κ3) is 8.74. The second kappa shape index (κ2) is 11.2. The first kappa shape index (κ1) is 19.7. The number of aliphatic hydroxyl groups excluding tert-OH is 1. The van der Waals surface area contributed by atoms with Crippen molar-refractivity contribution in [3.63, 3.8) is 0 Å². The Morgan fingerprint density at radius 3 is 2.57 bits per heavy atom. The predicted molar refractivity (Wildman–Crippen MR) is 99.0 cm³/mol. The van der Waals surface area contributed by atoms with Crippen LogP contribution < -0.4 is 15.4 Å². The van der Waals surface area contributed by atoms with Crippen LogP contribution in [0.15, 0.2) is 24.3 Å². The van der Waals surface area contributed by atoms with Crippen LogP contribution in [-0.4, -0.2) is 56.0 Å². The smallest absolute Gasteiger partial charge is 0.166 e. The molecule has 0 heterocycles. The van der Waals surface area contributed by atoms with Gasteiger partial charge in [0.15, 0.2) is 5.11 Å². The first-order chi connectivity index (χ1) is 11.0. The molecule has 6 heteroatoms. The number of nitrogens with one attached hydrogen (secondary N) is 2. The maximum absolute atomic E-state index is 10.2. The first-order valence-electron chi connectivity index (χ1n) is 8.04. The van der Waals surface area contributed by atoms with Crippen molar-refractivity contribution in [2.75, 3.05) is 40.8 Å². The molecule has 0 aromatic heterocycles. The summed E-state index contributed by atoms with van der Waals surface area (Å²) < 4.78 is 5.65. The van der Waals surface area contributed by atoms with Crippen LogP contribution in [0.5, 0.6) is 5.75 Å². The molecule has 23 heavy (non-hydrogen) atoms. The van der Waals surface area contributed by atoms with Crippen molar-refractivity contribution in [1.29, 1.82) is 0 Å². The van der Waals surface area contributed by atoms with E-state index < -0.39 is 6.10 Å².